The van der Waals surface area contributed by atoms with Gasteiger partial charge < -0.3 is 10.0 Å². The Morgan fingerprint density at radius 2 is 2.00 bits per heavy atom. The molecule has 0 unspecified atom stereocenters. The van der Waals surface area contributed by atoms with Crippen LogP contribution in [-0.4, -0.2) is 62.8 Å². The molecule has 2 aromatic heterocycles. The van der Waals surface area contributed by atoms with Crippen LogP contribution in [0.1, 0.15) is 47.3 Å². The number of fused-ring (bicyclic) bond motifs is 3. The third-order valence-electron chi connectivity index (χ3n) is 5.68. The molecule has 1 fully saturated rings. The molecule has 1 aliphatic rings. The Bertz CT molecular complexity index is 1050. The number of benzene rings is 1. The van der Waals surface area contributed by atoms with Crippen molar-refractivity contribution < 1.29 is 14.7 Å². The first-order chi connectivity index (χ1) is 13.9. The molecule has 3 aromatic rings. The number of hydrogen-bond acceptors (Lipinski definition) is 5. The summed E-state index contributed by atoms with van der Waals surface area (Å²) in [5.74, 6) is -0.777. The minimum atomic E-state index is -0.844. The Morgan fingerprint density at radius 3 is 2.72 bits per heavy atom. The van der Waals surface area contributed by atoms with Crippen LogP contribution in [0.3, 0.4) is 0 Å². The van der Waals surface area contributed by atoms with Gasteiger partial charge in [0.05, 0.1) is 17.6 Å². The number of carbonyl (C=O) groups is 2. The summed E-state index contributed by atoms with van der Waals surface area (Å²) in [6, 6.07) is 6.29. The molecule has 154 valence electrons. The van der Waals surface area contributed by atoms with Gasteiger partial charge in [-0.05, 0) is 37.6 Å². The minimum Gasteiger partial charge on any atom is -0.480 e. The lowest BCUT2D eigenvalue weighted by Crippen LogP contribution is -2.37. The third kappa shape index (κ3) is 4.13. The van der Waals surface area contributed by atoms with E-state index in [0.717, 1.165) is 34.4 Å². The Hall–Kier alpha value is -2.45. The number of carbonyl (C=O) groups excluding carboxylic acids is 1. The number of nitrogens with zero attached hydrogens (tertiary/aromatic N) is 4. The maximum atomic E-state index is 13.0. The molecule has 0 bridgehead atoms. The van der Waals surface area contributed by atoms with Gasteiger partial charge in [0.1, 0.15) is 4.88 Å². The molecule has 0 radical (unpaired) electrons. The lowest BCUT2D eigenvalue weighted by molar-refractivity contribution is -0.138. The van der Waals surface area contributed by atoms with Crippen molar-refractivity contribution in [2.24, 2.45) is 0 Å². The van der Waals surface area contributed by atoms with Gasteiger partial charge in [-0.1, -0.05) is 36.7 Å². The van der Waals surface area contributed by atoms with E-state index in [-0.39, 0.29) is 12.5 Å². The van der Waals surface area contributed by atoms with E-state index in [1.165, 1.54) is 30.6 Å². The number of thiazole rings is 1. The van der Waals surface area contributed by atoms with Crippen LogP contribution in [0.4, 0.5) is 0 Å². The average Bonchev–Trinajstić information content (AvgIpc) is 3.25. The molecule has 4 rings (SSSR count). The molecule has 0 atom stereocenters. The van der Waals surface area contributed by atoms with Gasteiger partial charge in [0.25, 0.3) is 5.91 Å². The highest BCUT2D eigenvalue weighted by molar-refractivity contribution is 7.18. The smallest absolute Gasteiger partial charge is 0.317 e. The highest BCUT2D eigenvalue weighted by Gasteiger charge is 2.25. The first-order valence-corrected chi connectivity index (χ1v) is 10.8. The van der Waals surface area contributed by atoms with Crippen molar-refractivity contribution in [3.63, 3.8) is 0 Å². The summed E-state index contributed by atoms with van der Waals surface area (Å²) in [4.78, 5) is 33.7. The zero-order valence-corrected chi connectivity index (χ0v) is 17.6. The number of aromatic nitrogens is 2. The van der Waals surface area contributed by atoms with E-state index in [2.05, 4.69) is 4.98 Å². The van der Waals surface area contributed by atoms with Crippen LogP contribution in [0.2, 0.25) is 0 Å². The van der Waals surface area contributed by atoms with E-state index < -0.39 is 5.97 Å². The van der Waals surface area contributed by atoms with Crippen LogP contribution in [0.15, 0.2) is 24.4 Å². The van der Waals surface area contributed by atoms with Gasteiger partial charge in [-0.15, -0.1) is 0 Å². The molecule has 0 saturated heterocycles. The van der Waals surface area contributed by atoms with E-state index in [4.69, 9.17) is 5.11 Å². The van der Waals surface area contributed by atoms with Gasteiger partial charge in [0.2, 0.25) is 0 Å². The summed E-state index contributed by atoms with van der Waals surface area (Å²) in [5.41, 5.74) is 2.83. The number of carboxylic acid groups (broad SMARTS) is 1. The van der Waals surface area contributed by atoms with Crippen molar-refractivity contribution in [3.05, 3.63) is 34.8 Å². The van der Waals surface area contributed by atoms with E-state index in [1.807, 2.05) is 40.7 Å². The number of amides is 1. The molecule has 8 heteroatoms. The van der Waals surface area contributed by atoms with Crippen molar-refractivity contribution in [3.8, 4) is 0 Å². The van der Waals surface area contributed by atoms with Crippen molar-refractivity contribution in [2.75, 3.05) is 20.6 Å². The number of carboxylic acids is 1. The van der Waals surface area contributed by atoms with Gasteiger partial charge in [-0.2, -0.15) is 0 Å². The van der Waals surface area contributed by atoms with E-state index in [0.29, 0.717) is 17.5 Å². The van der Waals surface area contributed by atoms with E-state index >= 15 is 0 Å². The van der Waals surface area contributed by atoms with Crippen LogP contribution in [0.5, 0.6) is 0 Å². The molecule has 1 amide bonds. The number of imidazole rings is 1. The van der Waals surface area contributed by atoms with Crippen LogP contribution in [0.25, 0.3) is 16.0 Å². The first-order valence-electron chi connectivity index (χ1n) is 10.0. The first kappa shape index (κ1) is 19.8. The normalized spacial score (nSPS) is 15.4. The van der Waals surface area contributed by atoms with Crippen LogP contribution in [-0.2, 0) is 11.3 Å². The van der Waals surface area contributed by atoms with Gasteiger partial charge in [0.15, 0.2) is 4.96 Å². The Morgan fingerprint density at radius 1 is 1.24 bits per heavy atom. The monoisotopic (exact) mass is 414 g/mol. The van der Waals surface area contributed by atoms with Gasteiger partial charge >= 0.3 is 5.97 Å². The number of rotatable bonds is 6. The highest BCUT2D eigenvalue weighted by Crippen LogP contribution is 2.28. The van der Waals surface area contributed by atoms with E-state index in [9.17, 15) is 9.59 Å². The summed E-state index contributed by atoms with van der Waals surface area (Å²) in [7, 11) is 3.70. The number of hydrogen-bond donors (Lipinski definition) is 1. The van der Waals surface area contributed by atoms with Crippen LogP contribution >= 0.6 is 11.3 Å². The maximum absolute atomic E-state index is 13.0. The van der Waals surface area contributed by atoms with Gasteiger partial charge in [0, 0.05) is 25.8 Å². The summed E-state index contributed by atoms with van der Waals surface area (Å²) < 4.78 is 1.97. The Labute approximate surface area is 173 Å². The summed E-state index contributed by atoms with van der Waals surface area (Å²) in [5, 5.41) is 8.95. The largest absolute Gasteiger partial charge is 0.480 e. The molecule has 29 heavy (non-hydrogen) atoms. The van der Waals surface area contributed by atoms with E-state index in [1.54, 1.807) is 11.9 Å². The lowest BCUT2D eigenvalue weighted by Gasteiger charge is -2.30. The second kappa shape index (κ2) is 8.12. The highest BCUT2D eigenvalue weighted by atomic mass is 32.1. The second-order valence-electron chi connectivity index (χ2n) is 7.96. The Kier molecular flexibility index (Phi) is 5.56. The predicted molar refractivity (Wildman–Crippen MR) is 114 cm³/mol. The molecule has 7 nitrogen and oxygen atoms in total. The van der Waals surface area contributed by atoms with Crippen molar-refractivity contribution in [1.82, 2.24) is 19.2 Å². The second-order valence-corrected chi connectivity index (χ2v) is 8.97. The standard InChI is InChI=1S/C21H26N4O3S/c1-23(13-19(26)27)11-14-8-9-16-17(10-14)25-12-18(29-21(25)22-16)20(28)24(2)15-6-4-3-5-7-15/h8-10,12,15H,3-7,11,13H2,1-2H3,(H,26,27). The molecule has 2 heterocycles. The predicted octanol–water partition coefficient (Wildman–Crippen LogP) is 3.47. The molecule has 0 aliphatic heterocycles. The van der Waals surface area contributed by atoms with Crippen LogP contribution in [0, 0.1) is 0 Å². The maximum Gasteiger partial charge on any atom is 0.317 e. The molecular weight excluding hydrogens is 388 g/mol. The number of likely N-dealkylation sites (N-methyl/N-ethyl adjacent to an activating group) is 1. The molecule has 1 N–H and O–H groups in total. The number of aliphatic carboxylic acids is 1. The molecule has 1 aromatic carbocycles. The zero-order valence-electron chi connectivity index (χ0n) is 16.8. The van der Waals surface area contributed by atoms with Crippen molar-refractivity contribution in [1.29, 1.82) is 0 Å². The topological polar surface area (TPSA) is 78.1 Å². The molecule has 1 aliphatic carbocycles. The summed E-state index contributed by atoms with van der Waals surface area (Å²) in [6.45, 7) is 0.528. The average molecular weight is 415 g/mol. The summed E-state index contributed by atoms with van der Waals surface area (Å²) >= 11 is 1.42. The summed E-state index contributed by atoms with van der Waals surface area (Å²) in [6.07, 6.45) is 7.71. The lowest BCUT2D eigenvalue weighted by atomic mass is 9.94. The fourth-order valence-corrected chi connectivity index (χ4v) is 5.14. The molecule has 1 saturated carbocycles. The van der Waals surface area contributed by atoms with Gasteiger partial charge in [-0.3, -0.25) is 18.9 Å². The SMILES string of the molecule is CN(CC(=O)O)Cc1ccc2nc3sc(C(=O)N(C)C4CCCCC4)cn3c2c1. The molecular formula is C21H26N4O3S. The van der Waals surface area contributed by atoms with Crippen molar-refractivity contribution in [2.45, 2.75) is 44.7 Å². The minimum absolute atomic E-state index is 0.00947. The zero-order chi connectivity index (χ0) is 20.5. The third-order valence-corrected chi connectivity index (χ3v) is 6.65. The van der Waals surface area contributed by atoms with Crippen molar-refractivity contribution >= 4 is 39.2 Å². The quantitative estimate of drug-likeness (QED) is 0.668. The molecule has 0 spiro atoms. The van der Waals surface area contributed by atoms with Gasteiger partial charge in [-0.25, -0.2) is 4.98 Å². The fourth-order valence-electron chi connectivity index (χ4n) is 4.16. The Balaban J connectivity index is 1.59. The fraction of sp³-hybridized carbons (Fsp3) is 0.476. The van der Waals surface area contributed by atoms with Crippen LogP contribution < -0.4 is 0 Å².